The highest BCUT2D eigenvalue weighted by Gasteiger charge is 2.03. The Balaban J connectivity index is 0.00000576. The summed E-state index contributed by atoms with van der Waals surface area (Å²) in [4.78, 5) is 16.0. The van der Waals surface area contributed by atoms with Crippen LogP contribution in [0.1, 0.15) is 32.3 Å². The van der Waals surface area contributed by atoms with Gasteiger partial charge in [0.2, 0.25) is 5.91 Å². The van der Waals surface area contributed by atoms with Gasteiger partial charge >= 0.3 is 0 Å². The van der Waals surface area contributed by atoms with E-state index in [2.05, 4.69) is 34.8 Å². The lowest BCUT2D eigenvalue weighted by Crippen LogP contribution is -2.42. The van der Waals surface area contributed by atoms with Gasteiger partial charge in [-0.05, 0) is 36.5 Å². The van der Waals surface area contributed by atoms with Gasteiger partial charge in [-0.15, -0.1) is 24.0 Å². The van der Waals surface area contributed by atoms with E-state index in [9.17, 15) is 9.18 Å². The second kappa shape index (κ2) is 13.9. The standard InChI is InChI=1S/C18H29FN4O.HI/c1-14(2)5-4-10-22-18(20-3)23-12-11-21-17(24)13-15-6-8-16(19)9-7-15;/h6-9,14H,4-5,10-13H2,1-3H3,(H,21,24)(H2,20,22,23);1H. The summed E-state index contributed by atoms with van der Waals surface area (Å²) in [5.41, 5.74) is 0.796. The first kappa shape index (κ1) is 23.6. The Hall–Kier alpha value is -1.38. The number of carbonyl (C=O) groups excluding carboxylic acids is 1. The van der Waals surface area contributed by atoms with Crippen molar-refractivity contribution in [1.29, 1.82) is 0 Å². The van der Waals surface area contributed by atoms with Crippen molar-refractivity contribution >= 4 is 35.8 Å². The van der Waals surface area contributed by atoms with Crippen LogP contribution in [0.3, 0.4) is 0 Å². The van der Waals surface area contributed by atoms with E-state index in [1.807, 2.05) is 0 Å². The zero-order chi connectivity index (χ0) is 17.8. The molecule has 0 bridgehead atoms. The number of nitrogens with zero attached hydrogens (tertiary/aromatic N) is 1. The van der Waals surface area contributed by atoms with Crippen LogP contribution in [0, 0.1) is 11.7 Å². The molecule has 1 aromatic rings. The van der Waals surface area contributed by atoms with Crippen molar-refractivity contribution in [2.24, 2.45) is 10.9 Å². The van der Waals surface area contributed by atoms with Crippen LogP contribution in [-0.4, -0.2) is 38.5 Å². The average molecular weight is 464 g/mol. The fraction of sp³-hybridized carbons (Fsp3) is 0.556. The molecule has 0 aliphatic heterocycles. The largest absolute Gasteiger partial charge is 0.356 e. The summed E-state index contributed by atoms with van der Waals surface area (Å²) in [5.74, 6) is 1.07. The Kier molecular flexibility index (Phi) is 13.1. The highest BCUT2D eigenvalue weighted by molar-refractivity contribution is 14.0. The molecule has 0 spiro atoms. The first-order chi connectivity index (χ1) is 11.5. The van der Waals surface area contributed by atoms with Gasteiger partial charge in [-0.2, -0.15) is 0 Å². The molecule has 3 N–H and O–H groups in total. The van der Waals surface area contributed by atoms with Crippen molar-refractivity contribution in [3.8, 4) is 0 Å². The molecule has 0 heterocycles. The van der Waals surface area contributed by atoms with Gasteiger partial charge in [0.25, 0.3) is 0 Å². The molecule has 0 aliphatic rings. The molecule has 0 aromatic heterocycles. The van der Waals surface area contributed by atoms with Gasteiger partial charge in [0.1, 0.15) is 5.82 Å². The van der Waals surface area contributed by atoms with Crippen LogP contribution in [0.2, 0.25) is 0 Å². The van der Waals surface area contributed by atoms with Gasteiger partial charge in [-0.1, -0.05) is 26.0 Å². The normalized spacial score (nSPS) is 11.0. The number of benzene rings is 1. The number of hydrogen-bond acceptors (Lipinski definition) is 2. The number of hydrogen-bond donors (Lipinski definition) is 3. The summed E-state index contributed by atoms with van der Waals surface area (Å²) in [6, 6.07) is 5.96. The third-order valence-electron chi connectivity index (χ3n) is 3.49. The Morgan fingerprint density at radius 1 is 1.08 bits per heavy atom. The van der Waals surface area contributed by atoms with Crippen LogP contribution < -0.4 is 16.0 Å². The fourth-order valence-corrected chi connectivity index (χ4v) is 2.17. The predicted molar refractivity (Wildman–Crippen MR) is 112 cm³/mol. The van der Waals surface area contributed by atoms with E-state index < -0.39 is 0 Å². The van der Waals surface area contributed by atoms with E-state index in [0.717, 1.165) is 24.5 Å². The molecular weight excluding hydrogens is 434 g/mol. The number of aliphatic imine (C=N–C) groups is 1. The summed E-state index contributed by atoms with van der Waals surface area (Å²) >= 11 is 0. The molecule has 1 aromatic carbocycles. The van der Waals surface area contributed by atoms with Crippen molar-refractivity contribution in [2.75, 3.05) is 26.7 Å². The minimum Gasteiger partial charge on any atom is -0.356 e. The summed E-state index contributed by atoms with van der Waals surface area (Å²) in [7, 11) is 1.73. The van der Waals surface area contributed by atoms with E-state index in [4.69, 9.17) is 0 Å². The topological polar surface area (TPSA) is 65.5 Å². The second-order valence-corrected chi connectivity index (χ2v) is 6.12. The smallest absolute Gasteiger partial charge is 0.224 e. The first-order valence-electron chi connectivity index (χ1n) is 8.47. The SMILES string of the molecule is CN=C(NCCCC(C)C)NCCNC(=O)Cc1ccc(F)cc1.I. The zero-order valence-electron chi connectivity index (χ0n) is 15.3. The molecule has 0 radical (unpaired) electrons. The number of carbonyl (C=O) groups is 1. The van der Waals surface area contributed by atoms with Gasteiger partial charge in [0.05, 0.1) is 6.42 Å². The van der Waals surface area contributed by atoms with Crippen LogP contribution in [0.4, 0.5) is 4.39 Å². The number of guanidine groups is 1. The molecule has 0 fully saturated rings. The molecule has 25 heavy (non-hydrogen) atoms. The molecule has 7 heteroatoms. The number of rotatable bonds is 9. The van der Waals surface area contributed by atoms with Crippen LogP contribution >= 0.6 is 24.0 Å². The Bertz CT molecular complexity index is 520. The minimum atomic E-state index is -0.296. The molecule has 0 saturated carbocycles. The number of amides is 1. The van der Waals surface area contributed by atoms with E-state index in [1.165, 1.54) is 18.6 Å². The van der Waals surface area contributed by atoms with Gasteiger partial charge in [0.15, 0.2) is 5.96 Å². The van der Waals surface area contributed by atoms with Crippen LogP contribution in [-0.2, 0) is 11.2 Å². The molecule has 1 rings (SSSR count). The maximum atomic E-state index is 12.8. The van der Waals surface area contributed by atoms with Crippen molar-refractivity contribution in [3.05, 3.63) is 35.6 Å². The first-order valence-corrected chi connectivity index (χ1v) is 8.47. The summed E-state index contributed by atoms with van der Waals surface area (Å²) in [5, 5.41) is 9.24. The maximum Gasteiger partial charge on any atom is 0.224 e. The Labute approximate surface area is 167 Å². The van der Waals surface area contributed by atoms with E-state index in [-0.39, 0.29) is 42.1 Å². The lowest BCUT2D eigenvalue weighted by atomic mass is 10.1. The molecular formula is C18H30FIN4O. The van der Waals surface area contributed by atoms with Crippen LogP contribution in [0.25, 0.3) is 0 Å². The van der Waals surface area contributed by atoms with E-state index in [0.29, 0.717) is 19.0 Å². The lowest BCUT2D eigenvalue weighted by molar-refractivity contribution is -0.120. The van der Waals surface area contributed by atoms with Crippen molar-refractivity contribution in [3.63, 3.8) is 0 Å². The lowest BCUT2D eigenvalue weighted by Gasteiger charge is -2.13. The second-order valence-electron chi connectivity index (χ2n) is 6.12. The van der Waals surface area contributed by atoms with E-state index in [1.54, 1.807) is 19.2 Å². The average Bonchev–Trinajstić information content (AvgIpc) is 2.55. The van der Waals surface area contributed by atoms with E-state index >= 15 is 0 Å². The fourth-order valence-electron chi connectivity index (χ4n) is 2.17. The number of halogens is 2. The summed E-state index contributed by atoms with van der Waals surface area (Å²) in [6.07, 6.45) is 2.54. The molecule has 0 saturated heterocycles. The van der Waals surface area contributed by atoms with Gasteiger partial charge in [0, 0.05) is 26.7 Å². The highest BCUT2D eigenvalue weighted by Crippen LogP contribution is 2.03. The summed E-state index contributed by atoms with van der Waals surface area (Å²) < 4.78 is 12.8. The molecule has 5 nitrogen and oxygen atoms in total. The third-order valence-corrected chi connectivity index (χ3v) is 3.49. The third kappa shape index (κ3) is 11.7. The molecule has 1 amide bonds. The monoisotopic (exact) mass is 464 g/mol. The number of nitrogens with one attached hydrogen (secondary N) is 3. The van der Waals surface area contributed by atoms with Crippen molar-refractivity contribution in [2.45, 2.75) is 33.1 Å². The van der Waals surface area contributed by atoms with Gasteiger partial charge in [-0.3, -0.25) is 9.79 Å². The van der Waals surface area contributed by atoms with Crippen molar-refractivity contribution < 1.29 is 9.18 Å². The molecule has 0 aliphatic carbocycles. The van der Waals surface area contributed by atoms with Crippen LogP contribution in [0.15, 0.2) is 29.3 Å². The Morgan fingerprint density at radius 3 is 2.28 bits per heavy atom. The summed E-state index contributed by atoms with van der Waals surface area (Å²) in [6.45, 7) is 6.41. The van der Waals surface area contributed by atoms with Gasteiger partial charge in [-0.25, -0.2) is 4.39 Å². The molecule has 0 unspecified atom stereocenters. The molecule has 142 valence electrons. The highest BCUT2D eigenvalue weighted by atomic mass is 127. The van der Waals surface area contributed by atoms with Crippen molar-refractivity contribution in [1.82, 2.24) is 16.0 Å². The zero-order valence-corrected chi connectivity index (χ0v) is 17.6. The minimum absolute atomic E-state index is 0. The quantitative estimate of drug-likeness (QED) is 0.228. The maximum absolute atomic E-state index is 12.8. The Morgan fingerprint density at radius 2 is 1.68 bits per heavy atom. The van der Waals surface area contributed by atoms with Crippen LogP contribution in [0.5, 0.6) is 0 Å². The van der Waals surface area contributed by atoms with Gasteiger partial charge < -0.3 is 16.0 Å². The predicted octanol–water partition coefficient (Wildman–Crippen LogP) is 2.70. The molecule has 0 atom stereocenters.